The lowest BCUT2D eigenvalue weighted by Crippen LogP contribution is -2.35. The Bertz CT molecular complexity index is 564. The molecule has 6 nitrogen and oxygen atoms in total. The number of amides is 2. The molecule has 7 heteroatoms. The number of aryl methyl sites for hydroxylation is 1. The number of hydrogen-bond acceptors (Lipinski definition) is 4. The summed E-state index contributed by atoms with van der Waals surface area (Å²) in [6, 6.07) is 4.13. The SMILES string of the molecule is Cn1cccc1C1CCCN1C(=O)Nc1nncs1. The second-order valence-electron chi connectivity index (χ2n) is 4.57. The van der Waals surface area contributed by atoms with E-state index in [2.05, 4.69) is 26.1 Å². The summed E-state index contributed by atoms with van der Waals surface area (Å²) < 4.78 is 2.07. The lowest BCUT2D eigenvalue weighted by atomic mass is 10.1. The number of carbonyl (C=O) groups is 1. The van der Waals surface area contributed by atoms with Gasteiger partial charge < -0.3 is 9.47 Å². The summed E-state index contributed by atoms with van der Waals surface area (Å²) in [7, 11) is 2.01. The zero-order chi connectivity index (χ0) is 13.2. The van der Waals surface area contributed by atoms with Crippen LogP contribution < -0.4 is 5.32 Å². The maximum Gasteiger partial charge on any atom is 0.324 e. The van der Waals surface area contributed by atoms with Gasteiger partial charge in [0, 0.05) is 25.5 Å². The number of hydrogen-bond donors (Lipinski definition) is 1. The van der Waals surface area contributed by atoms with Gasteiger partial charge in [0.05, 0.1) is 6.04 Å². The van der Waals surface area contributed by atoms with Gasteiger partial charge in [0.15, 0.2) is 0 Å². The van der Waals surface area contributed by atoms with Crippen molar-refractivity contribution in [1.29, 1.82) is 0 Å². The van der Waals surface area contributed by atoms with Crippen molar-refractivity contribution in [2.45, 2.75) is 18.9 Å². The summed E-state index contributed by atoms with van der Waals surface area (Å²) in [5, 5.41) is 10.9. The Morgan fingerprint density at radius 2 is 2.47 bits per heavy atom. The van der Waals surface area contributed by atoms with Crippen molar-refractivity contribution in [2.24, 2.45) is 7.05 Å². The van der Waals surface area contributed by atoms with Crippen LogP contribution >= 0.6 is 11.3 Å². The summed E-state index contributed by atoms with van der Waals surface area (Å²) in [6.07, 6.45) is 4.04. The largest absolute Gasteiger partial charge is 0.353 e. The smallest absolute Gasteiger partial charge is 0.324 e. The molecule has 1 unspecified atom stereocenters. The molecule has 0 saturated carbocycles. The average molecular weight is 277 g/mol. The molecule has 1 N–H and O–H groups in total. The molecule has 0 radical (unpaired) electrons. The van der Waals surface area contributed by atoms with Crippen molar-refractivity contribution < 1.29 is 4.79 Å². The van der Waals surface area contributed by atoms with Gasteiger partial charge in [-0.15, -0.1) is 10.2 Å². The molecular formula is C12H15N5OS. The minimum atomic E-state index is -0.0968. The summed E-state index contributed by atoms with van der Waals surface area (Å²) in [5.74, 6) is 0. The maximum atomic E-state index is 12.3. The van der Waals surface area contributed by atoms with Gasteiger partial charge >= 0.3 is 6.03 Å². The molecule has 2 amide bonds. The highest BCUT2D eigenvalue weighted by Gasteiger charge is 2.31. The zero-order valence-corrected chi connectivity index (χ0v) is 11.4. The molecule has 100 valence electrons. The van der Waals surface area contributed by atoms with Crippen LogP contribution in [0.25, 0.3) is 0 Å². The monoisotopic (exact) mass is 277 g/mol. The van der Waals surface area contributed by atoms with E-state index in [0.29, 0.717) is 5.13 Å². The number of likely N-dealkylation sites (tertiary alicyclic amines) is 1. The highest BCUT2D eigenvalue weighted by atomic mass is 32.1. The lowest BCUT2D eigenvalue weighted by Gasteiger charge is -2.25. The molecule has 0 spiro atoms. The normalized spacial score (nSPS) is 18.8. The lowest BCUT2D eigenvalue weighted by molar-refractivity contribution is 0.205. The summed E-state index contributed by atoms with van der Waals surface area (Å²) in [5.41, 5.74) is 2.78. The zero-order valence-electron chi connectivity index (χ0n) is 10.6. The number of nitrogens with one attached hydrogen (secondary N) is 1. The molecule has 0 aromatic carbocycles. The van der Waals surface area contributed by atoms with E-state index in [4.69, 9.17) is 0 Å². The van der Waals surface area contributed by atoms with Crippen molar-refractivity contribution >= 4 is 22.5 Å². The molecule has 1 atom stereocenters. The van der Waals surface area contributed by atoms with Crippen LogP contribution in [0.15, 0.2) is 23.8 Å². The van der Waals surface area contributed by atoms with Gasteiger partial charge in [0.1, 0.15) is 5.51 Å². The van der Waals surface area contributed by atoms with Gasteiger partial charge in [0.25, 0.3) is 0 Å². The molecule has 0 aliphatic carbocycles. The van der Waals surface area contributed by atoms with Crippen LogP contribution in [0.1, 0.15) is 24.6 Å². The summed E-state index contributed by atoms with van der Waals surface area (Å²) >= 11 is 1.33. The van der Waals surface area contributed by atoms with Gasteiger partial charge in [-0.1, -0.05) is 11.3 Å². The quantitative estimate of drug-likeness (QED) is 0.915. The van der Waals surface area contributed by atoms with Gasteiger partial charge in [0.2, 0.25) is 5.13 Å². The number of nitrogens with zero attached hydrogens (tertiary/aromatic N) is 4. The Balaban J connectivity index is 1.76. The topological polar surface area (TPSA) is 63.1 Å². The first-order chi connectivity index (χ1) is 9.25. The van der Waals surface area contributed by atoms with Crippen molar-refractivity contribution in [3.63, 3.8) is 0 Å². The molecule has 1 aliphatic rings. The van der Waals surface area contributed by atoms with Gasteiger partial charge in [-0.05, 0) is 25.0 Å². The van der Waals surface area contributed by atoms with E-state index >= 15 is 0 Å². The van der Waals surface area contributed by atoms with E-state index in [1.807, 2.05) is 24.2 Å². The Morgan fingerprint density at radius 3 is 3.16 bits per heavy atom. The van der Waals surface area contributed by atoms with E-state index in [1.54, 1.807) is 5.51 Å². The van der Waals surface area contributed by atoms with Crippen LogP contribution in [-0.2, 0) is 7.05 Å². The third-order valence-corrected chi connectivity index (χ3v) is 4.02. The van der Waals surface area contributed by atoms with Crippen LogP contribution in [0.3, 0.4) is 0 Å². The number of anilines is 1. The number of rotatable bonds is 2. The minimum absolute atomic E-state index is 0.0968. The molecule has 1 saturated heterocycles. The fourth-order valence-electron chi connectivity index (χ4n) is 2.53. The first-order valence-corrected chi connectivity index (χ1v) is 7.08. The molecule has 3 heterocycles. The van der Waals surface area contributed by atoms with Crippen LogP contribution in [0.2, 0.25) is 0 Å². The van der Waals surface area contributed by atoms with Gasteiger partial charge in [-0.2, -0.15) is 0 Å². The highest BCUT2D eigenvalue weighted by Crippen LogP contribution is 2.32. The molecule has 2 aromatic heterocycles. The maximum absolute atomic E-state index is 12.3. The van der Waals surface area contributed by atoms with Crippen LogP contribution in [0, 0.1) is 0 Å². The molecule has 19 heavy (non-hydrogen) atoms. The third-order valence-electron chi connectivity index (χ3n) is 3.41. The van der Waals surface area contributed by atoms with Crippen molar-refractivity contribution in [1.82, 2.24) is 19.7 Å². The van der Waals surface area contributed by atoms with Crippen LogP contribution in [0.4, 0.5) is 9.93 Å². The first kappa shape index (κ1) is 12.2. The van der Waals surface area contributed by atoms with Gasteiger partial charge in [-0.3, -0.25) is 5.32 Å². The van der Waals surface area contributed by atoms with E-state index in [0.717, 1.165) is 19.4 Å². The Labute approximate surface area is 115 Å². The van der Waals surface area contributed by atoms with Crippen molar-refractivity contribution in [3.05, 3.63) is 29.5 Å². The van der Waals surface area contributed by atoms with Crippen molar-refractivity contribution in [3.8, 4) is 0 Å². The average Bonchev–Trinajstić information content (AvgIpc) is 3.07. The molecule has 0 bridgehead atoms. The fourth-order valence-corrected chi connectivity index (χ4v) is 2.96. The Hall–Kier alpha value is -1.89. The van der Waals surface area contributed by atoms with Crippen LogP contribution in [-0.4, -0.2) is 32.2 Å². The number of urea groups is 1. The number of aromatic nitrogens is 3. The fraction of sp³-hybridized carbons (Fsp3) is 0.417. The third kappa shape index (κ3) is 2.33. The standard InChI is InChI=1S/C12H15N5OS/c1-16-6-2-4-9(16)10-5-3-7-17(10)12(18)14-11-15-13-8-19-11/h2,4,6,8,10H,3,5,7H2,1H3,(H,14,15,18). The second kappa shape index (κ2) is 5.00. The van der Waals surface area contributed by atoms with E-state index in [-0.39, 0.29) is 12.1 Å². The Morgan fingerprint density at radius 1 is 1.58 bits per heavy atom. The second-order valence-corrected chi connectivity index (χ2v) is 5.40. The minimum Gasteiger partial charge on any atom is -0.353 e. The van der Waals surface area contributed by atoms with E-state index in [1.165, 1.54) is 17.0 Å². The predicted molar refractivity (Wildman–Crippen MR) is 73.0 cm³/mol. The van der Waals surface area contributed by atoms with Crippen molar-refractivity contribution in [2.75, 3.05) is 11.9 Å². The Kier molecular flexibility index (Phi) is 3.20. The van der Waals surface area contributed by atoms with Crippen LogP contribution in [0.5, 0.6) is 0 Å². The molecule has 2 aromatic rings. The molecule has 1 fully saturated rings. The van der Waals surface area contributed by atoms with E-state index in [9.17, 15) is 4.79 Å². The molecular weight excluding hydrogens is 262 g/mol. The summed E-state index contributed by atoms with van der Waals surface area (Å²) in [4.78, 5) is 14.1. The molecule has 1 aliphatic heterocycles. The molecule has 3 rings (SSSR count). The highest BCUT2D eigenvalue weighted by molar-refractivity contribution is 7.13. The number of carbonyl (C=O) groups excluding carboxylic acids is 1. The van der Waals surface area contributed by atoms with Gasteiger partial charge in [-0.25, -0.2) is 4.79 Å². The summed E-state index contributed by atoms with van der Waals surface area (Å²) in [6.45, 7) is 0.778. The first-order valence-electron chi connectivity index (χ1n) is 6.21. The van der Waals surface area contributed by atoms with E-state index < -0.39 is 0 Å². The predicted octanol–water partition coefficient (Wildman–Crippen LogP) is 2.25.